The van der Waals surface area contributed by atoms with Crippen molar-refractivity contribution in [1.29, 1.82) is 0 Å². The van der Waals surface area contributed by atoms with Crippen LogP contribution in [0.5, 0.6) is 0 Å². The minimum absolute atomic E-state index is 0. The van der Waals surface area contributed by atoms with Gasteiger partial charge in [0.05, 0.1) is 22.8 Å². The molecule has 5 heterocycles. The second-order valence-corrected chi connectivity index (χ2v) is 11.4. The third-order valence-electron chi connectivity index (χ3n) is 8.74. The molecule has 0 fully saturated rings. The zero-order valence-corrected chi connectivity index (χ0v) is 26.5. The summed E-state index contributed by atoms with van der Waals surface area (Å²) in [4.78, 5) is 41.9. The summed E-state index contributed by atoms with van der Waals surface area (Å²) in [6, 6.07) is 6.65. The summed E-state index contributed by atoms with van der Waals surface area (Å²) in [6.45, 7) is 14.9. The zero-order valence-electron chi connectivity index (χ0n) is 25.4. The summed E-state index contributed by atoms with van der Waals surface area (Å²) in [7, 11) is 0. The fourth-order valence-electron chi connectivity index (χ4n) is 5.94. The Labute approximate surface area is 270 Å². The number of carbonyl (C=O) groups excluding carboxylic acids is 2. The van der Waals surface area contributed by atoms with E-state index in [2.05, 4.69) is 18.1 Å². The average molecular weight is 648 g/mol. The number of aryl methyl sites for hydroxylation is 3. The van der Waals surface area contributed by atoms with Gasteiger partial charge in [0.15, 0.2) is 0 Å². The van der Waals surface area contributed by atoms with Crippen molar-refractivity contribution in [2.45, 2.75) is 64.6 Å². The van der Waals surface area contributed by atoms with Crippen molar-refractivity contribution in [2.24, 2.45) is 0 Å². The standard InChI is InChI=1S/C34H36N4O6.Fe/c1-7-20-17(3)23-13-24-19(5)22(9-10-31(39)40)28(37-24)16-30-34(44,12-11-32(41)42)33(6,43)29(38-30)15-27-21(8-2)18(4)25(36-27)14-26(20)35-23;/h7-8,13-16,43-44H,1-2,9-12H2,3-6H3,(H4,35,36,37,38,39,40,41,42);/p-4/t33-,34-;/m1./s1. The monoisotopic (exact) mass is 648 g/mol. The van der Waals surface area contributed by atoms with Crippen LogP contribution in [-0.4, -0.2) is 32.1 Å². The van der Waals surface area contributed by atoms with Crippen molar-refractivity contribution >= 4 is 51.2 Å². The fraction of sp³-hybridized carbons (Fsp3) is 0.294. The molecule has 0 aliphatic carbocycles. The molecule has 3 aromatic heterocycles. The van der Waals surface area contributed by atoms with Gasteiger partial charge in [-0.15, -0.1) is 22.1 Å². The average Bonchev–Trinajstić information content (AvgIpc) is 3.58. The normalized spacial score (nSPS) is 19.2. The van der Waals surface area contributed by atoms with E-state index < -0.39 is 36.0 Å². The van der Waals surface area contributed by atoms with Crippen LogP contribution in [0.4, 0.5) is 0 Å². The van der Waals surface area contributed by atoms with Crippen LogP contribution in [0.3, 0.4) is 0 Å². The molecule has 2 N–H and O–H groups in total. The summed E-state index contributed by atoms with van der Waals surface area (Å²) < 4.78 is 0. The first kappa shape index (κ1) is 33.6. The molecule has 0 spiro atoms. The Balaban J connectivity index is 0.00000461. The molecule has 2 aliphatic heterocycles. The number of hydrogen-bond donors (Lipinski definition) is 2. The number of aromatic nitrogens is 4. The van der Waals surface area contributed by atoms with Crippen LogP contribution in [0.25, 0.3) is 39.3 Å². The molecule has 10 nitrogen and oxygen atoms in total. The van der Waals surface area contributed by atoms with Gasteiger partial charge in [0, 0.05) is 34.6 Å². The minimum atomic E-state index is -2.16. The second-order valence-electron chi connectivity index (χ2n) is 11.4. The Kier molecular flexibility index (Phi) is 9.15. The number of carboxylic acids is 2. The molecule has 11 heteroatoms. The molecule has 0 saturated heterocycles. The van der Waals surface area contributed by atoms with Gasteiger partial charge in [-0.25, -0.2) is 4.98 Å². The summed E-state index contributed by atoms with van der Waals surface area (Å²) in [5.74, 6) is -2.65. The third-order valence-corrected chi connectivity index (χ3v) is 8.74. The van der Waals surface area contributed by atoms with Crippen LogP contribution in [0.1, 0.15) is 78.1 Å². The van der Waals surface area contributed by atoms with E-state index in [9.17, 15) is 30.0 Å². The maximum atomic E-state index is 12.0. The van der Waals surface area contributed by atoms with Gasteiger partial charge in [-0.05, 0) is 64.5 Å². The van der Waals surface area contributed by atoms with Gasteiger partial charge in [0.1, 0.15) is 11.2 Å². The van der Waals surface area contributed by atoms with Crippen LogP contribution in [0.15, 0.2) is 43.5 Å². The number of aliphatic carboxylic acids is 2. The predicted molar refractivity (Wildman–Crippen MR) is 162 cm³/mol. The fourth-order valence-corrected chi connectivity index (χ4v) is 5.94. The molecule has 0 saturated carbocycles. The molecule has 0 radical (unpaired) electrons. The van der Waals surface area contributed by atoms with E-state index in [1.54, 1.807) is 24.3 Å². The van der Waals surface area contributed by atoms with E-state index >= 15 is 0 Å². The van der Waals surface area contributed by atoms with Crippen LogP contribution < -0.4 is 20.2 Å². The molecule has 0 aromatic carbocycles. The van der Waals surface area contributed by atoms with E-state index in [1.807, 2.05) is 26.8 Å². The topological polar surface area (TPSA) is 175 Å². The van der Waals surface area contributed by atoms with E-state index in [0.29, 0.717) is 50.1 Å². The first-order valence-electron chi connectivity index (χ1n) is 14.2. The number of hydrogen-bond acceptors (Lipinski definition) is 8. The minimum Gasteiger partial charge on any atom is -0.657 e. The molecule has 3 aromatic rings. The van der Waals surface area contributed by atoms with Crippen LogP contribution in [0.2, 0.25) is 0 Å². The SMILES string of the molecule is C=CC1=C(C)c2cc3[n-]c(cc4nc(cc5[n-]c(cc1n2)c(C)c5C=C)[C@@](C)(O)[C@@]4(O)CCC(=O)[O-])c(CCC(=O)[O-])c3C.[Fe]. The first-order valence-corrected chi connectivity index (χ1v) is 14.2. The first-order chi connectivity index (χ1) is 20.7. The Morgan fingerprint density at radius 2 is 1.44 bits per heavy atom. The van der Waals surface area contributed by atoms with Crippen molar-refractivity contribution in [3.05, 3.63) is 88.5 Å². The van der Waals surface area contributed by atoms with Crippen molar-refractivity contribution < 1.29 is 47.1 Å². The number of nitrogens with zero attached hydrogens (tertiary/aromatic N) is 4. The van der Waals surface area contributed by atoms with E-state index in [1.165, 1.54) is 13.0 Å². The quantitative estimate of drug-likeness (QED) is 0.345. The van der Waals surface area contributed by atoms with Gasteiger partial charge in [0.2, 0.25) is 0 Å². The molecule has 0 amide bonds. The van der Waals surface area contributed by atoms with Crippen LogP contribution >= 0.6 is 0 Å². The molecule has 5 rings (SSSR count). The number of fused-ring (bicyclic) bond motifs is 8. The van der Waals surface area contributed by atoms with Gasteiger partial charge >= 0.3 is 0 Å². The van der Waals surface area contributed by atoms with Gasteiger partial charge in [-0.1, -0.05) is 66.3 Å². The number of aliphatic hydroxyl groups is 2. The maximum absolute atomic E-state index is 12.0. The molecule has 0 unspecified atom stereocenters. The van der Waals surface area contributed by atoms with Crippen molar-refractivity contribution in [2.75, 3.05) is 0 Å². The van der Waals surface area contributed by atoms with Gasteiger partial charge in [0.25, 0.3) is 0 Å². The number of carboxylic acid groups (broad SMARTS) is 2. The van der Waals surface area contributed by atoms with Crippen LogP contribution in [-0.2, 0) is 44.3 Å². The summed E-state index contributed by atoms with van der Waals surface area (Å²) >= 11 is 0. The molecule has 45 heavy (non-hydrogen) atoms. The molecular formula is C34H32FeN4O6-4. The van der Waals surface area contributed by atoms with Crippen molar-refractivity contribution in [1.82, 2.24) is 19.9 Å². The Bertz CT molecular complexity index is 1950. The van der Waals surface area contributed by atoms with Gasteiger partial charge in [-0.2, -0.15) is 0 Å². The van der Waals surface area contributed by atoms with Crippen LogP contribution in [0, 0.1) is 13.8 Å². The summed E-state index contributed by atoms with van der Waals surface area (Å²) in [5.41, 5.74) is 3.46. The van der Waals surface area contributed by atoms with E-state index in [0.717, 1.165) is 16.7 Å². The Morgan fingerprint density at radius 3 is 2.07 bits per heavy atom. The van der Waals surface area contributed by atoms with E-state index in [4.69, 9.17) is 15.0 Å². The second kappa shape index (κ2) is 12.3. The number of allylic oxidation sites excluding steroid dienone is 3. The largest absolute Gasteiger partial charge is 0.657 e. The van der Waals surface area contributed by atoms with Crippen molar-refractivity contribution in [3.8, 4) is 0 Å². The molecule has 2 atom stereocenters. The Hall–Kier alpha value is -4.28. The van der Waals surface area contributed by atoms with Gasteiger partial charge < -0.3 is 40.0 Å². The molecular weight excluding hydrogens is 616 g/mol. The van der Waals surface area contributed by atoms with E-state index in [-0.39, 0.29) is 41.3 Å². The smallest absolute Gasteiger partial charge is 0.141 e. The predicted octanol–water partition coefficient (Wildman–Crippen LogP) is 2.25. The number of carbonyl (C=O) groups is 2. The maximum Gasteiger partial charge on any atom is 0.141 e. The number of rotatable bonds is 8. The zero-order chi connectivity index (χ0) is 32.1. The molecule has 236 valence electrons. The Morgan fingerprint density at radius 1 is 0.844 bits per heavy atom. The molecule has 2 aliphatic rings. The van der Waals surface area contributed by atoms with Gasteiger partial charge in [-0.3, -0.25) is 4.98 Å². The molecule has 8 bridgehead atoms. The third kappa shape index (κ3) is 5.68. The summed E-state index contributed by atoms with van der Waals surface area (Å²) in [6.07, 6.45) is 2.20. The summed E-state index contributed by atoms with van der Waals surface area (Å²) in [5, 5.41) is 46.7. The van der Waals surface area contributed by atoms with Crippen molar-refractivity contribution in [3.63, 3.8) is 0 Å².